The molecule has 0 spiro atoms. The van der Waals surface area contributed by atoms with Gasteiger partial charge in [0.2, 0.25) is 0 Å². The number of carbonyl (C=O) groups excluding carboxylic acids is 1. The molecule has 0 heterocycles. The zero-order chi connectivity index (χ0) is 15.5. The molecule has 0 unspecified atom stereocenters. The van der Waals surface area contributed by atoms with Crippen LogP contribution in [0.5, 0.6) is 5.75 Å². The summed E-state index contributed by atoms with van der Waals surface area (Å²) < 4.78 is 22.1. The number of nitro benzene ring substituents is 1. The van der Waals surface area contributed by atoms with E-state index in [-0.39, 0.29) is 23.6 Å². The number of rotatable bonds is 5. The van der Waals surface area contributed by atoms with E-state index in [1.165, 1.54) is 7.05 Å². The molecule has 1 aromatic rings. The van der Waals surface area contributed by atoms with Crippen molar-refractivity contribution in [2.45, 2.75) is 0 Å². The molecule has 0 radical (unpaired) electrons. The molecule has 1 amide bonds. The van der Waals surface area contributed by atoms with Gasteiger partial charge < -0.3 is 10.0 Å². The number of carbonyl (C=O) groups is 1. The van der Waals surface area contributed by atoms with Crippen molar-refractivity contribution in [2.75, 3.05) is 25.6 Å². The van der Waals surface area contributed by atoms with Crippen molar-refractivity contribution in [1.29, 1.82) is 0 Å². The third-order valence-corrected chi connectivity index (χ3v) is 3.48. The number of nitrogens with zero attached hydrogens (tertiary/aromatic N) is 2. The zero-order valence-corrected chi connectivity index (χ0v) is 11.8. The maximum atomic E-state index is 12.1. The molecule has 8 nitrogen and oxygen atoms in total. The molecule has 0 bridgehead atoms. The molecular weight excluding hydrogens is 288 g/mol. The largest absolute Gasteiger partial charge is 0.508 e. The average molecular weight is 302 g/mol. The summed E-state index contributed by atoms with van der Waals surface area (Å²) in [6.45, 7) is -0.0928. The maximum Gasteiger partial charge on any atom is 0.282 e. The smallest absolute Gasteiger partial charge is 0.282 e. The van der Waals surface area contributed by atoms with Crippen LogP contribution in [0.25, 0.3) is 0 Å². The van der Waals surface area contributed by atoms with E-state index < -0.39 is 26.4 Å². The predicted octanol–water partition coefficient (Wildman–Crippen LogP) is 0.417. The van der Waals surface area contributed by atoms with Crippen LogP contribution in [0.1, 0.15) is 10.4 Å². The lowest BCUT2D eigenvalue weighted by atomic mass is 10.1. The molecule has 20 heavy (non-hydrogen) atoms. The summed E-state index contributed by atoms with van der Waals surface area (Å²) in [5, 5.41) is 20.2. The normalized spacial score (nSPS) is 11.1. The highest BCUT2D eigenvalue weighted by molar-refractivity contribution is 7.90. The highest BCUT2D eigenvalue weighted by Gasteiger charge is 2.23. The number of benzene rings is 1. The Morgan fingerprint density at radius 3 is 2.55 bits per heavy atom. The second-order valence-corrected chi connectivity index (χ2v) is 6.57. The number of phenols is 1. The number of hydrogen-bond donors (Lipinski definition) is 1. The zero-order valence-electron chi connectivity index (χ0n) is 10.9. The summed E-state index contributed by atoms with van der Waals surface area (Å²) in [5.41, 5.74) is -0.731. The molecule has 0 aliphatic heterocycles. The summed E-state index contributed by atoms with van der Waals surface area (Å²) in [6, 6.07) is 3.11. The Morgan fingerprint density at radius 1 is 1.45 bits per heavy atom. The van der Waals surface area contributed by atoms with Crippen LogP contribution in [-0.4, -0.2) is 54.9 Å². The SMILES string of the molecule is CN(CCS(C)(=O)=O)C(=O)c1cc(O)ccc1[N+](=O)[O-]. The summed E-state index contributed by atoms with van der Waals surface area (Å²) >= 11 is 0. The van der Waals surface area contributed by atoms with Gasteiger partial charge in [-0.25, -0.2) is 8.42 Å². The molecule has 0 atom stereocenters. The molecular formula is C11H14N2O6S. The first-order valence-electron chi connectivity index (χ1n) is 5.52. The van der Waals surface area contributed by atoms with Crippen molar-refractivity contribution in [3.63, 3.8) is 0 Å². The Labute approximate surface area is 115 Å². The molecule has 110 valence electrons. The van der Waals surface area contributed by atoms with Gasteiger partial charge in [-0.2, -0.15) is 0 Å². The van der Waals surface area contributed by atoms with Crippen molar-refractivity contribution in [3.8, 4) is 5.75 Å². The Kier molecular flexibility index (Phi) is 4.66. The van der Waals surface area contributed by atoms with Crippen LogP contribution >= 0.6 is 0 Å². The molecule has 0 fully saturated rings. The van der Waals surface area contributed by atoms with Gasteiger partial charge in [-0.1, -0.05) is 0 Å². The lowest BCUT2D eigenvalue weighted by molar-refractivity contribution is -0.385. The van der Waals surface area contributed by atoms with Gasteiger partial charge in [0.1, 0.15) is 21.2 Å². The van der Waals surface area contributed by atoms with Gasteiger partial charge in [0.25, 0.3) is 11.6 Å². The molecule has 0 saturated carbocycles. The minimum absolute atomic E-state index is 0.0928. The molecule has 0 saturated heterocycles. The van der Waals surface area contributed by atoms with Crippen molar-refractivity contribution in [2.24, 2.45) is 0 Å². The lowest BCUT2D eigenvalue weighted by Crippen LogP contribution is -2.31. The highest BCUT2D eigenvalue weighted by Crippen LogP contribution is 2.24. The monoisotopic (exact) mass is 302 g/mol. The summed E-state index contributed by atoms with van der Waals surface area (Å²) in [7, 11) is -1.91. The summed E-state index contributed by atoms with van der Waals surface area (Å²) in [6.07, 6.45) is 1.03. The van der Waals surface area contributed by atoms with Crippen molar-refractivity contribution in [1.82, 2.24) is 4.90 Å². The van der Waals surface area contributed by atoms with Gasteiger partial charge in [0.05, 0.1) is 10.7 Å². The van der Waals surface area contributed by atoms with Gasteiger partial charge in [-0.3, -0.25) is 14.9 Å². The van der Waals surface area contributed by atoms with Crippen LogP contribution in [0, 0.1) is 10.1 Å². The van der Waals surface area contributed by atoms with E-state index in [9.17, 15) is 28.4 Å². The van der Waals surface area contributed by atoms with Crippen molar-refractivity contribution < 1.29 is 23.2 Å². The first kappa shape index (κ1) is 15.9. The number of phenolic OH excluding ortho intramolecular Hbond substituents is 1. The third-order valence-electron chi connectivity index (χ3n) is 2.55. The first-order valence-corrected chi connectivity index (χ1v) is 7.58. The molecule has 1 aromatic carbocycles. The fourth-order valence-corrected chi connectivity index (χ4v) is 2.07. The third kappa shape index (κ3) is 4.19. The average Bonchev–Trinajstić information content (AvgIpc) is 2.33. The van der Waals surface area contributed by atoms with Gasteiger partial charge in [0, 0.05) is 25.9 Å². The fraction of sp³-hybridized carbons (Fsp3) is 0.364. The Hall–Kier alpha value is -2.16. The Bertz CT molecular complexity index is 640. The van der Waals surface area contributed by atoms with Gasteiger partial charge in [-0.05, 0) is 12.1 Å². The van der Waals surface area contributed by atoms with Crippen molar-refractivity contribution >= 4 is 21.4 Å². The topological polar surface area (TPSA) is 118 Å². The number of nitro groups is 1. The van der Waals surface area contributed by atoms with E-state index in [4.69, 9.17) is 0 Å². The minimum atomic E-state index is -3.25. The second-order valence-electron chi connectivity index (χ2n) is 4.32. The molecule has 0 aromatic heterocycles. The highest BCUT2D eigenvalue weighted by atomic mass is 32.2. The Balaban J connectivity index is 3.02. The lowest BCUT2D eigenvalue weighted by Gasteiger charge is -2.16. The first-order chi connectivity index (χ1) is 9.11. The molecule has 0 aliphatic rings. The number of hydrogen-bond acceptors (Lipinski definition) is 6. The van der Waals surface area contributed by atoms with Gasteiger partial charge >= 0.3 is 0 Å². The van der Waals surface area contributed by atoms with Crippen LogP contribution in [0.4, 0.5) is 5.69 Å². The number of aromatic hydroxyl groups is 1. The van der Waals surface area contributed by atoms with E-state index in [1.54, 1.807) is 0 Å². The van der Waals surface area contributed by atoms with E-state index in [0.717, 1.165) is 29.4 Å². The molecule has 0 aliphatic carbocycles. The minimum Gasteiger partial charge on any atom is -0.508 e. The standard InChI is InChI=1S/C11H14N2O6S/c1-12(5-6-20(2,18)19)11(15)9-7-8(14)3-4-10(9)13(16)17/h3-4,7,14H,5-6H2,1-2H3. The van der Waals surface area contributed by atoms with Gasteiger partial charge in [-0.15, -0.1) is 0 Å². The van der Waals surface area contributed by atoms with Crippen LogP contribution in [0.3, 0.4) is 0 Å². The quantitative estimate of drug-likeness (QED) is 0.622. The van der Waals surface area contributed by atoms with E-state index in [1.807, 2.05) is 0 Å². The van der Waals surface area contributed by atoms with Gasteiger partial charge in [0.15, 0.2) is 0 Å². The van der Waals surface area contributed by atoms with Crippen LogP contribution in [0.2, 0.25) is 0 Å². The molecule has 1 N–H and O–H groups in total. The number of sulfone groups is 1. The van der Waals surface area contributed by atoms with Crippen LogP contribution in [0.15, 0.2) is 18.2 Å². The Morgan fingerprint density at radius 2 is 2.05 bits per heavy atom. The van der Waals surface area contributed by atoms with E-state index in [0.29, 0.717) is 0 Å². The summed E-state index contributed by atoms with van der Waals surface area (Å²) in [5.74, 6) is -1.26. The summed E-state index contributed by atoms with van der Waals surface area (Å²) in [4.78, 5) is 23.2. The number of amides is 1. The van der Waals surface area contributed by atoms with E-state index in [2.05, 4.69) is 0 Å². The predicted molar refractivity (Wildman–Crippen MR) is 71.4 cm³/mol. The second kappa shape index (κ2) is 5.87. The van der Waals surface area contributed by atoms with E-state index >= 15 is 0 Å². The molecule has 9 heteroatoms. The van der Waals surface area contributed by atoms with Crippen LogP contribution in [-0.2, 0) is 9.84 Å². The maximum absolute atomic E-state index is 12.1. The fourth-order valence-electron chi connectivity index (χ4n) is 1.46. The van der Waals surface area contributed by atoms with Crippen LogP contribution < -0.4 is 0 Å². The van der Waals surface area contributed by atoms with Crippen molar-refractivity contribution in [3.05, 3.63) is 33.9 Å². The molecule has 1 rings (SSSR count).